The Morgan fingerprint density at radius 2 is 1.62 bits per heavy atom. The van der Waals surface area contributed by atoms with Crippen molar-refractivity contribution in [1.29, 1.82) is 0 Å². The molecule has 0 heterocycles. The van der Waals surface area contributed by atoms with Gasteiger partial charge < -0.3 is 5.73 Å². The fourth-order valence-electron chi connectivity index (χ4n) is 1.91. The maximum atomic E-state index is 12.5. The second kappa shape index (κ2) is 5.69. The van der Waals surface area contributed by atoms with Crippen LogP contribution in [0.2, 0.25) is 0 Å². The topological polar surface area (TPSA) is 72.2 Å². The van der Waals surface area contributed by atoms with Gasteiger partial charge in [-0.25, -0.2) is 8.42 Å². The zero-order chi connectivity index (χ0) is 15.8. The van der Waals surface area contributed by atoms with Gasteiger partial charge in [-0.1, -0.05) is 22.0 Å². The summed E-state index contributed by atoms with van der Waals surface area (Å²) in [6, 6.07) is 8.55. The van der Waals surface area contributed by atoms with Crippen LogP contribution in [0.15, 0.2) is 39.7 Å². The molecule has 0 aliphatic carbocycles. The van der Waals surface area contributed by atoms with Crippen LogP contribution >= 0.6 is 15.9 Å². The molecule has 0 atom stereocenters. The predicted octanol–water partition coefficient (Wildman–Crippen LogP) is 3.76. The Bertz CT molecular complexity index is 802. The first-order valence-corrected chi connectivity index (χ1v) is 8.64. The minimum atomic E-state index is -3.71. The third-order valence-electron chi connectivity index (χ3n) is 3.34. The van der Waals surface area contributed by atoms with E-state index in [1.807, 2.05) is 26.8 Å². The van der Waals surface area contributed by atoms with Crippen LogP contribution in [0.3, 0.4) is 0 Å². The Hall–Kier alpha value is -1.53. The van der Waals surface area contributed by atoms with Crippen molar-refractivity contribution < 1.29 is 8.42 Å². The molecule has 3 N–H and O–H groups in total. The lowest BCUT2D eigenvalue weighted by Gasteiger charge is -2.13. The molecule has 0 aliphatic heterocycles. The van der Waals surface area contributed by atoms with Gasteiger partial charge in [-0.3, -0.25) is 4.72 Å². The second-order valence-corrected chi connectivity index (χ2v) is 7.55. The van der Waals surface area contributed by atoms with Crippen molar-refractivity contribution in [2.24, 2.45) is 0 Å². The highest BCUT2D eigenvalue weighted by Crippen LogP contribution is 2.27. The molecule has 0 saturated heterocycles. The van der Waals surface area contributed by atoms with Gasteiger partial charge in [0.1, 0.15) is 4.90 Å². The molecule has 0 amide bonds. The first-order chi connectivity index (χ1) is 9.70. The van der Waals surface area contributed by atoms with Crippen molar-refractivity contribution in [3.63, 3.8) is 0 Å². The normalized spacial score (nSPS) is 11.4. The molecule has 0 unspecified atom stereocenters. The Morgan fingerprint density at radius 3 is 2.24 bits per heavy atom. The summed E-state index contributed by atoms with van der Waals surface area (Å²) in [5.74, 6) is 0. The van der Waals surface area contributed by atoms with Crippen LogP contribution in [0.25, 0.3) is 0 Å². The van der Waals surface area contributed by atoms with Gasteiger partial charge in [-0.2, -0.15) is 0 Å². The van der Waals surface area contributed by atoms with Crippen LogP contribution in [0.1, 0.15) is 16.7 Å². The van der Waals surface area contributed by atoms with Crippen molar-refractivity contribution in [2.45, 2.75) is 25.7 Å². The van der Waals surface area contributed by atoms with Crippen LogP contribution < -0.4 is 10.5 Å². The minimum absolute atomic E-state index is 0.0993. The molecule has 21 heavy (non-hydrogen) atoms. The van der Waals surface area contributed by atoms with Crippen LogP contribution in [0.4, 0.5) is 11.4 Å². The lowest BCUT2D eigenvalue weighted by atomic mass is 10.1. The number of hydrogen-bond donors (Lipinski definition) is 2. The highest BCUT2D eigenvalue weighted by molar-refractivity contribution is 9.10. The summed E-state index contributed by atoms with van der Waals surface area (Å²) in [5, 5.41) is 0. The molecule has 0 saturated carbocycles. The highest BCUT2D eigenvalue weighted by Gasteiger charge is 2.19. The van der Waals surface area contributed by atoms with E-state index in [0.29, 0.717) is 5.69 Å². The van der Waals surface area contributed by atoms with Crippen molar-refractivity contribution in [3.05, 3.63) is 51.5 Å². The molecule has 2 aromatic carbocycles. The summed E-state index contributed by atoms with van der Waals surface area (Å²) in [6.45, 7) is 5.69. The van der Waals surface area contributed by atoms with Gasteiger partial charge in [0.05, 0.1) is 5.69 Å². The Labute approximate surface area is 133 Å². The van der Waals surface area contributed by atoms with E-state index in [-0.39, 0.29) is 10.6 Å². The largest absolute Gasteiger partial charge is 0.398 e. The fourth-order valence-corrected chi connectivity index (χ4v) is 3.54. The molecule has 0 fully saturated rings. The van der Waals surface area contributed by atoms with E-state index < -0.39 is 10.0 Å². The van der Waals surface area contributed by atoms with Gasteiger partial charge in [-0.05, 0) is 61.7 Å². The maximum Gasteiger partial charge on any atom is 0.263 e. The highest BCUT2D eigenvalue weighted by atomic mass is 79.9. The molecule has 4 nitrogen and oxygen atoms in total. The number of hydrogen-bond acceptors (Lipinski definition) is 3. The number of aryl methyl sites for hydroxylation is 3. The standard InChI is InChI=1S/C15H17BrN2O2S/c1-9-4-5-12(8-13(9)16)18-21(19,20)15-7-11(3)10(2)6-14(15)17/h4-8,18H,17H2,1-3H3. The third kappa shape index (κ3) is 3.39. The van der Waals surface area contributed by atoms with Crippen LogP contribution in [-0.4, -0.2) is 8.42 Å². The Balaban J connectivity index is 2.43. The van der Waals surface area contributed by atoms with E-state index in [1.54, 1.807) is 24.3 Å². The summed E-state index contributed by atoms with van der Waals surface area (Å²) < 4.78 is 28.3. The molecular formula is C15H17BrN2O2S. The monoisotopic (exact) mass is 368 g/mol. The molecule has 2 rings (SSSR count). The number of nitrogens with one attached hydrogen (secondary N) is 1. The summed E-state index contributed by atoms with van der Waals surface area (Å²) in [6.07, 6.45) is 0. The maximum absolute atomic E-state index is 12.5. The SMILES string of the molecule is Cc1cc(N)c(S(=O)(=O)Nc2ccc(C)c(Br)c2)cc1C. The number of nitrogen functional groups attached to an aromatic ring is 1. The molecule has 6 heteroatoms. The van der Waals surface area contributed by atoms with Gasteiger partial charge >= 0.3 is 0 Å². The number of rotatable bonds is 3. The zero-order valence-electron chi connectivity index (χ0n) is 12.1. The molecular weight excluding hydrogens is 352 g/mol. The lowest BCUT2D eigenvalue weighted by molar-refractivity contribution is 0.601. The summed E-state index contributed by atoms with van der Waals surface area (Å²) in [7, 11) is -3.71. The van der Waals surface area contributed by atoms with Gasteiger partial charge in [-0.15, -0.1) is 0 Å². The number of nitrogens with two attached hydrogens (primary N) is 1. The lowest BCUT2D eigenvalue weighted by Crippen LogP contribution is -2.15. The number of benzene rings is 2. The second-order valence-electron chi connectivity index (χ2n) is 5.04. The molecule has 0 radical (unpaired) electrons. The van der Waals surface area contributed by atoms with Gasteiger partial charge in [0.25, 0.3) is 10.0 Å². The van der Waals surface area contributed by atoms with Crippen molar-refractivity contribution in [2.75, 3.05) is 10.5 Å². The first-order valence-electron chi connectivity index (χ1n) is 6.36. The molecule has 0 bridgehead atoms. The molecule has 112 valence electrons. The minimum Gasteiger partial charge on any atom is -0.398 e. The van der Waals surface area contributed by atoms with E-state index in [1.165, 1.54) is 0 Å². The zero-order valence-corrected chi connectivity index (χ0v) is 14.5. The summed E-state index contributed by atoms with van der Waals surface area (Å²) >= 11 is 3.39. The molecule has 0 aromatic heterocycles. The first kappa shape index (κ1) is 15.9. The van der Waals surface area contributed by atoms with Crippen molar-refractivity contribution >= 4 is 37.3 Å². The Kier molecular flexibility index (Phi) is 4.30. The number of sulfonamides is 1. The molecule has 0 aliphatic rings. The van der Waals surface area contributed by atoms with E-state index in [2.05, 4.69) is 20.7 Å². The van der Waals surface area contributed by atoms with Crippen LogP contribution in [0, 0.1) is 20.8 Å². The van der Waals surface area contributed by atoms with E-state index >= 15 is 0 Å². The van der Waals surface area contributed by atoms with Gasteiger partial charge in [0.15, 0.2) is 0 Å². The van der Waals surface area contributed by atoms with E-state index in [4.69, 9.17) is 5.73 Å². The van der Waals surface area contributed by atoms with Crippen LogP contribution in [0.5, 0.6) is 0 Å². The third-order valence-corrected chi connectivity index (χ3v) is 5.63. The molecule has 2 aromatic rings. The fraction of sp³-hybridized carbons (Fsp3) is 0.200. The predicted molar refractivity (Wildman–Crippen MR) is 90.0 cm³/mol. The average molecular weight is 369 g/mol. The summed E-state index contributed by atoms with van der Waals surface area (Å²) in [4.78, 5) is 0.0993. The smallest absolute Gasteiger partial charge is 0.263 e. The van der Waals surface area contributed by atoms with Gasteiger partial charge in [0.2, 0.25) is 0 Å². The number of anilines is 2. The number of halogens is 1. The van der Waals surface area contributed by atoms with Crippen LogP contribution in [-0.2, 0) is 10.0 Å². The van der Waals surface area contributed by atoms with Crippen molar-refractivity contribution in [3.8, 4) is 0 Å². The molecule has 0 spiro atoms. The quantitative estimate of drug-likeness (QED) is 0.810. The van der Waals surface area contributed by atoms with E-state index in [9.17, 15) is 8.42 Å². The average Bonchev–Trinajstić information content (AvgIpc) is 2.37. The van der Waals surface area contributed by atoms with Gasteiger partial charge in [0, 0.05) is 10.2 Å². The summed E-state index contributed by atoms with van der Waals surface area (Å²) in [5.41, 5.74) is 9.47. The van der Waals surface area contributed by atoms with E-state index in [0.717, 1.165) is 21.2 Å². The Morgan fingerprint density at radius 1 is 1.00 bits per heavy atom. The van der Waals surface area contributed by atoms with Crippen molar-refractivity contribution in [1.82, 2.24) is 0 Å².